The second kappa shape index (κ2) is 13.6. The number of carbonyl (C=O) groups excluding carboxylic acids is 1. The molecule has 0 bridgehead atoms. The average molecular weight is 269 g/mol. The van der Waals surface area contributed by atoms with Gasteiger partial charge in [0.15, 0.2) is 5.78 Å². The van der Waals surface area contributed by atoms with Crippen LogP contribution in [0.15, 0.2) is 5.16 Å². The van der Waals surface area contributed by atoms with Gasteiger partial charge in [-0.25, -0.2) is 0 Å². The Morgan fingerprint density at radius 1 is 0.842 bits per heavy atom. The SMILES string of the molecule is CCCCCCCCCCCCCC(=O)C(C)=NO. The van der Waals surface area contributed by atoms with Crippen molar-refractivity contribution in [2.75, 3.05) is 0 Å². The molecule has 0 aromatic rings. The summed E-state index contributed by atoms with van der Waals surface area (Å²) in [6.07, 6.45) is 14.6. The van der Waals surface area contributed by atoms with E-state index >= 15 is 0 Å². The van der Waals surface area contributed by atoms with Gasteiger partial charge in [0, 0.05) is 6.42 Å². The molecule has 0 amide bonds. The van der Waals surface area contributed by atoms with Crippen molar-refractivity contribution < 1.29 is 10.0 Å². The molecule has 0 aromatic heterocycles. The highest BCUT2D eigenvalue weighted by Crippen LogP contribution is 2.12. The molecular weight excluding hydrogens is 238 g/mol. The Morgan fingerprint density at radius 2 is 1.26 bits per heavy atom. The normalized spacial score (nSPS) is 11.8. The third-order valence-corrected chi connectivity index (χ3v) is 3.56. The fraction of sp³-hybridized carbons (Fsp3) is 0.875. The summed E-state index contributed by atoms with van der Waals surface area (Å²) >= 11 is 0. The second-order valence-electron chi connectivity index (χ2n) is 5.39. The Labute approximate surface area is 118 Å². The van der Waals surface area contributed by atoms with E-state index in [9.17, 15) is 4.79 Å². The molecule has 0 aliphatic carbocycles. The lowest BCUT2D eigenvalue weighted by Gasteiger charge is -2.02. The van der Waals surface area contributed by atoms with Gasteiger partial charge in [-0.1, -0.05) is 76.3 Å². The molecule has 0 atom stereocenters. The van der Waals surface area contributed by atoms with Crippen LogP contribution >= 0.6 is 0 Å². The molecule has 0 fully saturated rings. The topological polar surface area (TPSA) is 49.7 Å². The standard InChI is InChI=1S/C16H31NO2/c1-3-4-5-6-7-8-9-10-11-12-13-14-16(18)15(2)17-19/h19H,3-14H2,1-2H3. The highest BCUT2D eigenvalue weighted by atomic mass is 16.4. The lowest BCUT2D eigenvalue weighted by molar-refractivity contribution is -0.113. The number of nitrogens with zero attached hydrogens (tertiary/aromatic N) is 1. The quantitative estimate of drug-likeness (QED) is 0.219. The number of unbranched alkanes of at least 4 members (excludes halogenated alkanes) is 10. The summed E-state index contributed by atoms with van der Waals surface area (Å²) in [7, 11) is 0. The van der Waals surface area contributed by atoms with Gasteiger partial charge in [0.25, 0.3) is 0 Å². The maximum absolute atomic E-state index is 11.3. The van der Waals surface area contributed by atoms with Crippen molar-refractivity contribution in [3.63, 3.8) is 0 Å². The maximum atomic E-state index is 11.3. The van der Waals surface area contributed by atoms with Crippen molar-refractivity contribution in [2.24, 2.45) is 5.16 Å². The summed E-state index contributed by atoms with van der Waals surface area (Å²) in [5, 5.41) is 11.4. The van der Waals surface area contributed by atoms with Gasteiger partial charge >= 0.3 is 0 Å². The average Bonchev–Trinajstić information content (AvgIpc) is 2.43. The first-order valence-corrected chi connectivity index (χ1v) is 7.94. The molecule has 0 aromatic carbocycles. The lowest BCUT2D eigenvalue weighted by Crippen LogP contribution is -2.09. The Kier molecular flexibility index (Phi) is 13.0. The number of Topliss-reactive ketones (excluding diaryl/α,β-unsaturated/α-hetero) is 1. The van der Waals surface area contributed by atoms with Crippen LogP contribution in [0.2, 0.25) is 0 Å². The van der Waals surface area contributed by atoms with Gasteiger partial charge in [-0.05, 0) is 13.3 Å². The summed E-state index contributed by atoms with van der Waals surface area (Å²) in [4.78, 5) is 11.3. The van der Waals surface area contributed by atoms with Gasteiger partial charge in [-0.2, -0.15) is 0 Å². The molecule has 0 radical (unpaired) electrons. The third-order valence-electron chi connectivity index (χ3n) is 3.56. The largest absolute Gasteiger partial charge is 0.411 e. The lowest BCUT2D eigenvalue weighted by atomic mass is 10.0. The zero-order valence-electron chi connectivity index (χ0n) is 12.8. The van der Waals surface area contributed by atoms with Crippen molar-refractivity contribution in [2.45, 2.75) is 90.9 Å². The minimum absolute atomic E-state index is 0.0292. The fourth-order valence-corrected chi connectivity index (χ4v) is 2.19. The zero-order chi connectivity index (χ0) is 14.3. The molecule has 112 valence electrons. The monoisotopic (exact) mass is 269 g/mol. The molecule has 19 heavy (non-hydrogen) atoms. The molecule has 1 N–H and O–H groups in total. The predicted molar refractivity (Wildman–Crippen MR) is 81.0 cm³/mol. The number of ketones is 1. The van der Waals surface area contributed by atoms with Gasteiger partial charge < -0.3 is 5.21 Å². The summed E-state index contributed by atoms with van der Waals surface area (Å²) in [6.45, 7) is 3.81. The van der Waals surface area contributed by atoms with E-state index in [0.29, 0.717) is 6.42 Å². The van der Waals surface area contributed by atoms with Crippen molar-refractivity contribution in [1.29, 1.82) is 0 Å². The molecule has 0 saturated carbocycles. The van der Waals surface area contributed by atoms with Gasteiger partial charge in [-0.15, -0.1) is 0 Å². The van der Waals surface area contributed by atoms with E-state index in [2.05, 4.69) is 12.1 Å². The molecule has 0 rings (SSSR count). The molecule has 0 aliphatic rings. The van der Waals surface area contributed by atoms with Crippen LogP contribution in [0.3, 0.4) is 0 Å². The molecule has 3 heteroatoms. The smallest absolute Gasteiger partial charge is 0.180 e. The van der Waals surface area contributed by atoms with Gasteiger partial charge in [0.05, 0.1) is 0 Å². The van der Waals surface area contributed by atoms with Crippen LogP contribution < -0.4 is 0 Å². The molecule has 0 unspecified atom stereocenters. The second-order valence-corrected chi connectivity index (χ2v) is 5.39. The van der Waals surface area contributed by atoms with Crippen LogP contribution in [0.4, 0.5) is 0 Å². The number of carbonyl (C=O) groups is 1. The summed E-state index contributed by atoms with van der Waals surface area (Å²) in [5.41, 5.74) is 0.229. The first-order valence-electron chi connectivity index (χ1n) is 7.94. The number of hydrogen-bond donors (Lipinski definition) is 1. The minimum atomic E-state index is -0.0292. The van der Waals surface area contributed by atoms with E-state index in [1.165, 1.54) is 57.8 Å². The highest BCUT2D eigenvalue weighted by molar-refractivity contribution is 6.38. The third kappa shape index (κ3) is 11.9. The zero-order valence-corrected chi connectivity index (χ0v) is 12.8. The van der Waals surface area contributed by atoms with Crippen LogP contribution in [-0.4, -0.2) is 16.7 Å². The van der Waals surface area contributed by atoms with Gasteiger partial charge in [0.1, 0.15) is 5.71 Å². The van der Waals surface area contributed by atoms with Crippen LogP contribution in [0.25, 0.3) is 0 Å². The van der Waals surface area contributed by atoms with E-state index in [0.717, 1.165) is 12.8 Å². The fourth-order valence-electron chi connectivity index (χ4n) is 2.19. The number of oxime groups is 1. The van der Waals surface area contributed by atoms with Gasteiger partial charge in [0.2, 0.25) is 0 Å². The molecule has 0 saturated heterocycles. The van der Waals surface area contributed by atoms with E-state index in [4.69, 9.17) is 5.21 Å². The molecule has 0 aliphatic heterocycles. The maximum Gasteiger partial charge on any atom is 0.180 e. The Balaban J connectivity index is 3.17. The summed E-state index contributed by atoms with van der Waals surface area (Å²) < 4.78 is 0. The van der Waals surface area contributed by atoms with Gasteiger partial charge in [-0.3, -0.25) is 4.79 Å². The number of hydrogen-bond acceptors (Lipinski definition) is 3. The number of rotatable bonds is 13. The van der Waals surface area contributed by atoms with E-state index in [1.54, 1.807) is 6.92 Å². The van der Waals surface area contributed by atoms with E-state index < -0.39 is 0 Å². The van der Waals surface area contributed by atoms with Crippen molar-refractivity contribution >= 4 is 11.5 Å². The summed E-state index contributed by atoms with van der Waals surface area (Å²) in [6, 6.07) is 0. The molecular formula is C16H31NO2. The minimum Gasteiger partial charge on any atom is -0.411 e. The van der Waals surface area contributed by atoms with Crippen molar-refractivity contribution in [3.05, 3.63) is 0 Å². The Hall–Kier alpha value is -0.860. The molecule has 0 heterocycles. The molecule has 0 spiro atoms. The van der Waals surface area contributed by atoms with Crippen LogP contribution in [0.5, 0.6) is 0 Å². The van der Waals surface area contributed by atoms with Crippen molar-refractivity contribution in [1.82, 2.24) is 0 Å². The van der Waals surface area contributed by atoms with E-state index in [-0.39, 0.29) is 11.5 Å². The summed E-state index contributed by atoms with van der Waals surface area (Å²) in [5.74, 6) is -0.0292. The Bertz CT molecular complexity index is 249. The van der Waals surface area contributed by atoms with Crippen LogP contribution in [0, 0.1) is 0 Å². The Morgan fingerprint density at radius 3 is 1.68 bits per heavy atom. The van der Waals surface area contributed by atoms with Crippen LogP contribution in [0.1, 0.15) is 90.9 Å². The first-order chi connectivity index (χ1) is 9.22. The van der Waals surface area contributed by atoms with Crippen molar-refractivity contribution in [3.8, 4) is 0 Å². The van der Waals surface area contributed by atoms with E-state index in [1.807, 2.05) is 0 Å². The van der Waals surface area contributed by atoms with Crippen LogP contribution in [-0.2, 0) is 4.79 Å². The predicted octanol–water partition coefficient (Wildman–Crippen LogP) is 5.11. The molecule has 3 nitrogen and oxygen atoms in total. The highest BCUT2D eigenvalue weighted by Gasteiger charge is 2.05. The first kappa shape index (κ1) is 18.1.